The fourth-order valence-corrected chi connectivity index (χ4v) is 1.95. The molecular weight excluding hydrogens is 294 g/mol. The molecule has 2 aromatic rings. The zero-order valence-corrected chi connectivity index (χ0v) is 11.9. The summed E-state index contributed by atoms with van der Waals surface area (Å²) in [7, 11) is 0. The number of rotatable bonds is 4. The summed E-state index contributed by atoms with van der Waals surface area (Å²) in [5.41, 5.74) is 0.952. The maximum atomic E-state index is 5.57. The summed E-state index contributed by atoms with van der Waals surface area (Å²) >= 11 is 3.45. The van der Waals surface area contributed by atoms with Gasteiger partial charge in [-0.25, -0.2) is 9.97 Å². The summed E-state index contributed by atoms with van der Waals surface area (Å²) in [5, 5.41) is 3.16. The maximum absolute atomic E-state index is 5.57. The Morgan fingerprint density at radius 3 is 2.89 bits per heavy atom. The van der Waals surface area contributed by atoms with E-state index in [4.69, 9.17) is 4.74 Å². The number of aromatic nitrogens is 2. The smallest absolute Gasteiger partial charge is 0.176 e. The summed E-state index contributed by atoms with van der Waals surface area (Å²) in [6, 6.07) is 7.64. The van der Waals surface area contributed by atoms with Crippen LogP contribution in [0.25, 0.3) is 0 Å². The van der Waals surface area contributed by atoms with Crippen molar-refractivity contribution in [2.75, 3.05) is 11.9 Å². The van der Waals surface area contributed by atoms with Gasteiger partial charge in [0.15, 0.2) is 11.6 Å². The summed E-state index contributed by atoms with van der Waals surface area (Å²) in [6.45, 7) is 4.47. The van der Waals surface area contributed by atoms with E-state index in [0.717, 1.165) is 16.0 Å². The Labute approximate surface area is 115 Å². The van der Waals surface area contributed by atoms with Gasteiger partial charge in [-0.2, -0.15) is 0 Å². The van der Waals surface area contributed by atoms with Crippen LogP contribution in [0, 0.1) is 6.92 Å². The molecule has 0 bridgehead atoms. The minimum atomic E-state index is 0.584. The lowest BCUT2D eigenvalue weighted by molar-refractivity contribution is 0.338. The Bertz CT molecular complexity index is 546. The first-order valence-corrected chi connectivity index (χ1v) is 6.48. The van der Waals surface area contributed by atoms with Gasteiger partial charge in [0.25, 0.3) is 0 Å². The molecule has 0 saturated carbocycles. The van der Waals surface area contributed by atoms with E-state index in [1.807, 2.05) is 38.1 Å². The van der Waals surface area contributed by atoms with E-state index in [2.05, 4.69) is 31.2 Å². The van der Waals surface area contributed by atoms with Gasteiger partial charge >= 0.3 is 0 Å². The summed E-state index contributed by atoms with van der Waals surface area (Å²) in [6.07, 6.45) is 1.71. The number of hydrogen-bond acceptors (Lipinski definition) is 4. The van der Waals surface area contributed by atoms with Crippen LogP contribution in [-0.4, -0.2) is 16.6 Å². The molecule has 0 amide bonds. The van der Waals surface area contributed by atoms with Gasteiger partial charge in [-0.1, -0.05) is 6.07 Å². The number of hydrogen-bond donors (Lipinski definition) is 1. The Kier molecular flexibility index (Phi) is 4.15. The van der Waals surface area contributed by atoms with E-state index < -0.39 is 0 Å². The molecule has 0 aromatic carbocycles. The van der Waals surface area contributed by atoms with Gasteiger partial charge in [0.2, 0.25) is 0 Å². The van der Waals surface area contributed by atoms with Gasteiger partial charge in [-0.05, 0) is 48.0 Å². The quantitative estimate of drug-likeness (QED) is 0.936. The number of anilines is 2. The highest BCUT2D eigenvalue weighted by Gasteiger charge is 2.09. The fourth-order valence-electron chi connectivity index (χ4n) is 1.53. The lowest BCUT2D eigenvalue weighted by atomic mass is 10.3. The average molecular weight is 308 g/mol. The molecule has 0 spiro atoms. The van der Waals surface area contributed by atoms with Crippen LogP contribution in [0.15, 0.2) is 34.9 Å². The predicted molar refractivity (Wildman–Crippen MR) is 75.4 cm³/mol. The predicted octanol–water partition coefficient (Wildman–Crippen LogP) is 3.69. The van der Waals surface area contributed by atoms with Crippen LogP contribution >= 0.6 is 15.9 Å². The van der Waals surface area contributed by atoms with Crippen molar-refractivity contribution in [2.45, 2.75) is 13.8 Å². The first-order valence-electron chi connectivity index (χ1n) is 5.68. The first kappa shape index (κ1) is 12.8. The van der Waals surface area contributed by atoms with Crippen molar-refractivity contribution < 1.29 is 4.74 Å². The van der Waals surface area contributed by atoms with Gasteiger partial charge in [-0.3, -0.25) is 0 Å². The number of ether oxygens (including phenoxy) is 1. The van der Waals surface area contributed by atoms with Crippen LogP contribution in [0.1, 0.15) is 12.6 Å². The molecule has 0 radical (unpaired) electrons. The third kappa shape index (κ3) is 2.98. The van der Waals surface area contributed by atoms with Crippen LogP contribution in [0.3, 0.4) is 0 Å². The van der Waals surface area contributed by atoms with Crippen LogP contribution in [0.2, 0.25) is 0 Å². The molecule has 2 aromatic heterocycles. The standard InChI is InChI=1S/C13H14BrN3O/c1-3-18-12-10(14)7-8-15-13(12)17-11-6-4-5-9(2)16-11/h4-8H,3H2,1-2H3,(H,15,16,17). The molecule has 18 heavy (non-hydrogen) atoms. The normalized spacial score (nSPS) is 10.2. The van der Waals surface area contributed by atoms with Gasteiger partial charge < -0.3 is 10.1 Å². The molecule has 4 nitrogen and oxygen atoms in total. The van der Waals surface area contributed by atoms with Crippen LogP contribution < -0.4 is 10.1 Å². The van der Waals surface area contributed by atoms with Crippen molar-refractivity contribution in [3.8, 4) is 5.75 Å². The number of halogens is 1. The molecule has 2 rings (SSSR count). The molecule has 0 aliphatic heterocycles. The summed E-state index contributed by atoms with van der Waals surface area (Å²) in [5.74, 6) is 2.11. The highest BCUT2D eigenvalue weighted by Crippen LogP contribution is 2.32. The highest BCUT2D eigenvalue weighted by atomic mass is 79.9. The van der Waals surface area contributed by atoms with Crippen LogP contribution in [-0.2, 0) is 0 Å². The third-order valence-electron chi connectivity index (χ3n) is 2.28. The lowest BCUT2D eigenvalue weighted by Crippen LogP contribution is -2.02. The SMILES string of the molecule is CCOc1c(Br)ccnc1Nc1cccc(C)n1. The maximum Gasteiger partial charge on any atom is 0.176 e. The fraction of sp³-hybridized carbons (Fsp3) is 0.231. The second-order valence-electron chi connectivity index (χ2n) is 3.69. The molecule has 0 aliphatic carbocycles. The Morgan fingerprint density at radius 1 is 1.33 bits per heavy atom. The third-order valence-corrected chi connectivity index (χ3v) is 2.90. The number of pyridine rings is 2. The zero-order valence-electron chi connectivity index (χ0n) is 10.3. The summed E-state index contributed by atoms with van der Waals surface area (Å²) in [4.78, 5) is 8.65. The second-order valence-corrected chi connectivity index (χ2v) is 4.55. The van der Waals surface area contributed by atoms with Crippen LogP contribution in [0.4, 0.5) is 11.6 Å². The molecular formula is C13H14BrN3O. The van der Waals surface area contributed by atoms with E-state index in [1.165, 1.54) is 0 Å². The lowest BCUT2D eigenvalue weighted by Gasteiger charge is -2.12. The number of nitrogens with zero attached hydrogens (tertiary/aromatic N) is 2. The Balaban J connectivity index is 2.31. The van der Waals surface area contributed by atoms with E-state index in [1.54, 1.807) is 6.20 Å². The average Bonchev–Trinajstić information content (AvgIpc) is 2.34. The molecule has 0 atom stereocenters. The minimum absolute atomic E-state index is 0.584. The molecule has 0 saturated heterocycles. The largest absolute Gasteiger partial charge is 0.489 e. The van der Waals surface area contributed by atoms with Crippen molar-refractivity contribution in [2.24, 2.45) is 0 Å². The molecule has 94 valence electrons. The monoisotopic (exact) mass is 307 g/mol. The van der Waals surface area contributed by atoms with Crippen molar-refractivity contribution in [1.29, 1.82) is 0 Å². The molecule has 5 heteroatoms. The Hall–Kier alpha value is -1.62. The van der Waals surface area contributed by atoms with Gasteiger partial charge in [0.05, 0.1) is 11.1 Å². The second kappa shape index (κ2) is 5.82. The van der Waals surface area contributed by atoms with Gasteiger partial charge in [0, 0.05) is 11.9 Å². The van der Waals surface area contributed by atoms with E-state index in [9.17, 15) is 0 Å². The van der Waals surface area contributed by atoms with Crippen LogP contribution in [0.5, 0.6) is 5.75 Å². The minimum Gasteiger partial charge on any atom is -0.489 e. The highest BCUT2D eigenvalue weighted by molar-refractivity contribution is 9.10. The van der Waals surface area contributed by atoms with Gasteiger partial charge in [0.1, 0.15) is 5.82 Å². The van der Waals surface area contributed by atoms with Crippen molar-refractivity contribution in [3.05, 3.63) is 40.6 Å². The molecule has 1 N–H and O–H groups in total. The first-order chi connectivity index (χ1) is 8.70. The molecule has 0 unspecified atom stereocenters. The molecule has 2 heterocycles. The number of nitrogens with one attached hydrogen (secondary N) is 1. The summed E-state index contributed by atoms with van der Waals surface area (Å²) < 4.78 is 6.44. The number of aryl methyl sites for hydroxylation is 1. The van der Waals surface area contributed by atoms with Crippen molar-refractivity contribution in [1.82, 2.24) is 9.97 Å². The Morgan fingerprint density at radius 2 is 2.17 bits per heavy atom. The van der Waals surface area contributed by atoms with Crippen molar-refractivity contribution in [3.63, 3.8) is 0 Å². The molecule has 0 fully saturated rings. The van der Waals surface area contributed by atoms with Crippen molar-refractivity contribution >= 4 is 27.6 Å². The van der Waals surface area contributed by atoms with E-state index in [0.29, 0.717) is 18.2 Å². The van der Waals surface area contributed by atoms with E-state index in [-0.39, 0.29) is 0 Å². The molecule has 0 aliphatic rings. The topological polar surface area (TPSA) is 47.0 Å². The van der Waals surface area contributed by atoms with E-state index >= 15 is 0 Å². The zero-order chi connectivity index (χ0) is 13.0. The van der Waals surface area contributed by atoms with Gasteiger partial charge in [-0.15, -0.1) is 0 Å².